The molecule has 1 heterocycles. The van der Waals surface area contributed by atoms with Crippen molar-refractivity contribution in [3.05, 3.63) is 58.2 Å². The molecule has 1 amide bonds. The maximum absolute atomic E-state index is 13.4. The average Bonchev–Trinajstić information content (AvgIpc) is 2.54. The Hall–Kier alpha value is -2.12. The zero-order chi connectivity index (χ0) is 19.7. The number of hydrogen-bond donors (Lipinski definition) is 2. The van der Waals surface area contributed by atoms with Crippen molar-refractivity contribution in [3.8, 4) is 0 Å². The van der Waals surface area contributed by atoms with Gasteiger partial charge in [0, 0.05) is 17.2 Å². The summed E-state index contributed by atoms with van der Waals surface area (Å²) < 4.78 is 40.2. The number of alkyl halides is 3. The first-order valence-corrected chi connectivity index (χ1v) is 8.10. The van der Waals surface area contributed by atoms with E-state index in [9.17, 15) is 23.1 Å². The highest BCUT2D eigenvalue weighted by molar-refractivity contribution is 6.34. The Labute approximate surface area is 154 Å². The van der Waals surface area contributed by atoms with Gasteiger partial charge in [0.25, 0.3) is 0 Å². The molecule has 0 aliphatic carbocycles. The highest BCUT2D eigenvalue weighted by Gasteiger charge is 2.38. The normalized spacial score (nSPS) is 13.4. The SMILES string of the molecule is CC(C)(C)C(=O)Nc1ncc(C(F)(F)F)c([C@@H](O)c2ccccc2)c1Cl. The van der Waals surface area contributed by atoms with E-state index >= 15 is 0 Å². The summed E-state index contributed by atoms with van der Waals surface area (Å²) in [5.74, 6) is -0.698. The minimum absolute atomic E-state index is 0.232. The van der Waals surface area contributed by atoms with Crippen LogP contribution in [0.4, 0.5) is 19.0 Å². The Morgan fingerprint density at radius 2 is 1.77 bits per heavy atom. The van der Waals surface area contributed by atoms with E-state index in [2.05, 4.69) is 10.3 Å². The topological polar surface area (TPSA) is 62.2 Å². The molecule has 2 N–H and O–H groups in total. The molecule has 1 atom stereocenters. The van der Waals surface area contributed by atoms with Crippen LogP contribution in [-0.2, 0) is 11.0 Å². The predicted octanol–water partition coefficient (Wildman–Crippen LogP) is 4.82. The van der Waals surface area contributed by atoms with Gasteiger partial charge < -0.3 is 10.4 Å². The molecule has 2 rings (SSSR count). The van der Waals surface area contributed by atoms with Crippen LogP contribution in [0.1, 0.15) is 43.6 Å². The Morgan fingerprint density at radius 3 is 2.27 bits per heavy atom. The van der Waals surface area contributed by atoms with Gasteiger partial charge in [0.05, 0.1) is 10.6 Å². The van der Waals surface area contributed by atoms with Gasteiger partial charge in [0.15, 0.2) is 5.82 Å². The lowest BCUT2D eigenvalue weighted by Crippen LogP contribution is -2.28. The predicted molar refractivity (Wildman–Crippen MR) is 92.8 cm³/mol. The number of rotatable bonds is 3. The second kappa shape index (κ2) is 7.25. The van der Waals surface area contributed by atoms with Crippen LogP contribution in [0.5, 0.6) is 0 Å². The lowest BCUT2D eigenvalue weighted by Gasteiger charge is -2.22. The summed E-state index contributed by atoms with van der Waals surface area (Å²) in [6.07, 6.45) is -5.84. The maximum Gasteiger partial charge on any atom is 0.418 e. The lowest BCUT2D eigenvalue weighted by molar-refractivity contribution is -0.139. The first-order chi connectivity index (χ1) is 11.9. The van der Waals surface area contributed by atoms with E-state index in [1.54, 1.807) is 39.0 Å². The van der Waals surface area contributed by atoms with Crippen LogP contribution in [0.2, 0.25) is 5.02 Å². The minimum atomic E-state index is -4.77. The van der Waals surface area contributed by atoms with Crippen molar-refractivity contribution < 1.29 is 23.1 Å². The van der Waals surface area contributed by atoms with E-state index in [4.69, 9.17) is 11.6 Å². The molecule has 140 valence electrons. The van der Waals surface area contributed by atoms with E-state index in [1.807, 2.05) is 0 Å². The van der Waals surface area contributed by atoms with Gasteiger partial charge in [-0.15, -0.1) is 0 Å². The summed E-state index contributed by atoms with van der Waals surface area (Å²) in [5, 5.41) is 12.5. The number of aromatic nitrogens is 1. The summed E-state index contributed by atoms with van der Waals surface area (Å²) in [6, 6.07) is 7.81. The molecule has 0 spiro atoms. The molecule has 2 aromatic rings. The van der Waals surface area contributed by atoms with Crippen LogP contribution < -0.4 is 5.32 Å². The van der Waals surface area contributed by atoms with Gasteiger partial charge in [-0.3, -0.25) is 4.79 Å². The van der Waals surface area contributed by atoms with E-state index in [-0.39, 0.29) is 11.4 Å². The lowest BCUT2D eigenvalue weighted by atomic mass is 9.95. The van der Waals surface area contributed by atoms with Crippen LogP contribution in [0.15, 0.2) is 36.5 Å². The summed E-state index contributed by atoms with van der Waals surface area (Å²) in [5.41, 5.74) is -2.28. The highest BCUT2D eigenvalue weighted by atomic mass is 35.5. The molecule has 0 aliphatic rings. The molecule has 0 saturated carbocycles. The summed E-state index contributed by atoms with van der Waals surface area (Å²) in [7, 11) is 0. The van der Waals surface area contributed by atoms with Crippen molar-refractivity contribution >= 4 is 23.3 Å². The summed E-state index contributed by atoms with van der Waals surface area (Å²) in [4.78, 5) is 15.8. The molecule has 1 aromatic heterocycles. The average molecular weight is 387 g/mol. The fourth-order valence-electron chi connectivity index (χ4n) is 2.18. The van der Waals surface area contributed by atoms with Crippen molar-refractivity contribution in [3.63, 3.8) is 0 Å². The molecule has 0 fully saturated rings. The molecule has 1 aromatic carbocycles. The molecule has 0 saturated heterocycles. The molecule has 0 radical (unpaired) electrons. The van der Waals surface area contributed by atoms with Crippen molar-refractivity contribution in [1.29, 1.82) is 0 Å². The van der Waals surface area contributed by atoms with Gasteiger partial charge in [-0.1, -0.05) is 62.7 Å². The molecule has 0 aliphatic heterocycles. The molecular formula is C18H18ClF3N2O2. The Kier molecular flexibility index (Phi) is 5.63. The van der Waals surface area contributed by atoms with Crippen LogP contribution in [-0.4, -0.2) is 16.0 Å². The zero-order valence-electron chi connectivity index (χ0n) is 14.4. The van der Waals surface area contributed by atoms with E-state index in [1.165, 1.54) is 12.1 Å². The van der Waals surface area contributed by atoms with Gasteiger partial charge in [-0.25, -0.2) is 4.98 Å². The number of carbonyl (C=O) groups is 1. The Bertz CT molecular complexity index is 803. The van der Waals surface area contributed by atoms with Crippen molar-refractivity contribution in [2.45, 2.75) is 33.1 Å². The fraction of sp³-hybridized carbons (Fsp3) is 0.333. The summed E-state index contributed by atoms with van der Waals surface area (Å²) in [6.45, 7) is 4.92. The number of pyridine rings is 1. The van der Waals surface area contributed by atoms with Crippen LogP contribution in [0, 0.1) is 5.41 Å². The zero-order valence-corrected chi connectivity index (χ0v) is 15.1. The Balaban J connectivity index is 2.59. The standard InChI is InChI=1S/C18H18ClF3N2O2/c1-17(2,3)16(26)24-15-13(19)12(11(9-23-15)18(20,21)22)14(25)10-7-5-4-6-8-10/h4-9,14,25H,1-3H3,(H,23,24,26)/t14-/m0/s1. The first-order valence-electron chi connectivity index (χ1n) is 7.73. The number of benzene rings is 1. The van der Waals surface area contributed by atoms with Crippen molar-refractivity contribution in [2.75, 3.05) is 5.32 Å². The van der Waals surface area contributed by atoms with Crippen molar-refractivity contribution in [1.82, 2.24) is 4.98 Å². The van der Waals surface area contributed by atoms with E-state index < -0.39 is 39.8 Å². The molecule has 0 unspecified atom stereocenters. The van der Waals surface area contributed by atoms with Crippen LogP contribution >= 0.6 is 11.6 Å². The molecule has 0 bridgehead atoms. The largest absolute Gasteiger partial charge is 0.418 e. The number of carbonyl (C=O) groups excluding carboxylic acids is 1. The second-order valence-electron chi connectivity index (χ2n) is 6.76. The maximum atomic E-state index is 13.4. The van der Waals surface area contributed by atoms with Gasteiger partial charge in [-0.2, -0.15) is 13.2 Å². The molecule has 4 nitrogen and oxygen atoms in total. The van der Waals surface area contributed by atoms with Gasteiger partial charge in [0.2, 0.25) is 5.91 Å². The number of amides is 1. The number of nitrogens with zero attached hydrogens (tertiary/aromatic N) is 1. The van der Waals surface area contributed by atoms with Crippen LogP contribution in [0.25, 0.3) is 0 Å². The molecular weight excluding hydrogens is 369 g/mol. The number of hydrogen-bond acceptors (Lipinski definition) is 3. The number of nitrogens with one attached hydrogen (secondary N) is 1. The van der Waals surface area contributed by atoms with Gasteiger partial charge in [-0.05, 0) is 5.56 Å². The van der Waals surface area contributed by atoms with E-state index in [0.717, 1.165) is 0 Å². The minimum Gasteiger partial charge on any atom is -0.384 e. The number of aliphatic hydroxyl groups excluding tert-OH is 1. The third kappa shape index (κ3) is 4.34. The quantitative estimate of drug-likeness (QED) is 0.795. The smallest absolute Gasteiger partial charge is 0.384 e. The first kappa shape index (κ1) is 20.2. The van der Waals surface area contributed by atoms with Crippen LogP contribution in [0.3, 0.4) is 0 Å². The fourth-order valence-corrected chi connectivity index (χ4v) is 2.48. The monoisotopic (exact) mass is 386 g/mol. The number of aliphatic hydroxyl groups is 1. The number of halogens is 4. The molecule has 8 heteroatoms. The van der Waals surface area contributed by atoms with Gasteiger partial charge >= 0.3 is 6.18 Å². The van der Waals surface area contributed by atoms with Crippen molar-refractivity contribution in [2.24, 2.45) is 5.41 Å². The number of anilines is 1. The van der Waals surface area contributed by atoms with Gasteiger partial charge in [0.1, 0.15) is 6.10 Å². The van der Waals surface area contributed by atoms with E-state index in [0.29, 0.717) is 6.20 Å². The molecule has 26 heavy (non-hydrogen) atoms. The Morgan fingerprint density at radius 1 is 1.19 bits per heavy atom. The third-order valence-electron chi connectivity index (χ3n) is 3.66. The third-order valence-corrected chi connectivity index (χ3v) is 4.05. The summed E-state index contributed by atoms with van der Waals surface area (Å²) >= 11 is 6.12. The second-order valence-corrected chi connectivity index (χ2v) is 7.14. The highest BCUT2D eigenvalue weighted by Crippen LogP contribution is 2.42.